The Hall–Kier alpha value is -4.37. The highest BCUT2D eigenvalue weighted by molar-refractivity contribution is 6.04. The minimum Gasteiger partial charge on any atom is -0.255 e. The van der Waals surface area contributed by atoms with Gasteiger partial charge in [-0.15, -0.1) is 0 Å². The maximum Gasteiger partial charge on any atom is 0.0849 e. The first-order chi connectivity index (χ1) is 22.1. The van der Waals surface area contributed by atoms with Crippen molar-refractivity contribution < 1.29 is 0 Å². The fourth-order valence-electron chi connectivity index (χ4n) is 6.40. The molecule has 242 valence electrons. The summed E-state index contributed by atoms with van der Waals surface area (Å²) >= 11 is 0. The minimum absolute atomic E-state index is 0.0881. The third-order valence-electron chi connectivity index (χ3n) is 9.18. The highest BCUT2D eigenvalue weighted by Gasteiger charge is 2.19. The summed E-state index contributed by atoms with van der Waals surface area (Å²) < 4.78 is 0. The largest absolute Gasteiger partial charge is 0.255 e. The van der Waals surface area contributed by atoms with E-state index in [1.165, 1.54) is 22.3 Å². The molecule has 1 unspecified atom stereocenters. The second kappa shape index (κ2) is 13.4. The van der Waals surface area contributed by atoms with Crippen LogP contribution in [0.4, 0.5) is 5.69 Å². The first-order valence-corrected chi connectivity index (χ1v) is 16.9. The molecule has 0 spiro atoms. The van der Waals surface area contributed by atoms with Crippen molar-refractivity contribution in [2.45, 2.75) is 93.4 Å². The molecule has 0 saturated heterocycles. The summed E-state index contributed by atoms with van der Waals surface area (Å²) in [5.41, 5.74) is 15.6. The van der Waals surface area contributed by atoms with E-state index in [-0.39, 0.29) is 10.8 Å². The van der Waals surface area contributed by atoms with E-state index in [9.17, 15) is 0 Å². The molecule has 3 heteroatoms. The van der Waals surface area contributed by atoms with E-state index in [0.29, 0.717) is 5.92 Å². The lowest BCUT2D eigenvalue weighted by Crippen LogP contribution is -2.10. The molecule has 1 aliphatic carbocycles. The van der Waals surface area contributed by atoms with Crippen molar-refractivity contribution in [1.82, 2.24) is 4.98 Å². The molecule has 1 aliphatic rings. The van der Waals surface area contributed by atoms with Gasteiger partial charge in [0, 0.05) is 22.7 Å². The zero-order valence-corrected chi connectivity index (χ0v) is 30.3. The molecule has 3 nitrogen and oxygen atoms in total. The van der Waals surface area contributed by atoms with Crippen molar-refractivity contribution in [2.75, 3.05) is 0 Å². The maximum absolute atomic E-state index is 5.37. The molecule has 4 aromatic rings. The predicted molar refractivity (Wildman–Crippen MR) is 203 cm³/mol. The molecule has 1 atom stereocenters. The number of para-hydroxylation sites is 1. The molecule has 47 heavy (non-hydrogen) atoms. The van der Waals surface area contributed by atoms with Crippen LogP contribution < -0.4 is 0 Å². The average Bonchev–Trinajstić information content (AvgIpc) is 3.02. The molecule has 3 aromatic carbocycles. The van der Waals surface area contributed by atoms with Crippen molar-refractivity contribution in [3.63, 3.8) is 0 Å². The van der Waals surface area contributed by atoms with Crippen LogP contribution in [-0.4, -0.2) is 16.4 Å². The van der Waals surface area contributed by atoms with Crippen molar-refractivity contribution in [2.24, 2.45) is 15.9 Å². The van der Waals surface area contributed by atoms with Gasteiger partial charge in [-0.05, 0) is 84.9 Å². The summed E-state index contributed by atoms with van der Waals surface area (Å²) in [4.78, 5) is 15.5. The number of aromatic nitrogens is 1. The van der Waals surface area contributed by atoms with Crippen LogP contribution in [0.3, 0.4) is 0 Å². The van der Waals surface area contributed by atoms with Crippen LogP contribution in [0.1, 0.15) is 105 Å². The Bertz CT molecular complexity index is 1810. The number of hydrogen-bond acceptors (Lipinski definition) is 3. The van der Waals surface area contributed by atoms with Gasteiger partial charge in [-0.25, -0.2) is 4.98 Å². The maximum atomic E-state index is 5.37. The molecule has 1 aromatic heterocycles. The Morgan fingerprint density at radius 3 is 1.53 bits per heavy atom. The third kappa shape index (κ3) is 7.79. The summed E-state index contributed by atoms with van der Waals surface area (Å²) in [6.45, 7) is 24.3. The number of allylic oxidation sites excluding steroid dienone is 4. The smallest absolute Gasteiger partial charge is 0.0849 e. The summed E-state index contributed by atoms with van der Waals surface area (Å²) in [7, 11) is 0. The Labute approximate surface area is 283 Å². The van der Waals surface area contributed by atoms with Gasteiger partial charge < -0.3 is 0 Å². The molecule has 0 fully saturated rings. The lowest BCUT2D eigenvalue weighted by molar-refractivity contribution is 0.590. The van der Waals surface area contributed by atoms with Gasteiger partial charge >= 0.3 is 0 Å². The number of benzene rings is 3. The van der Waals surface area contributed by atoms with Gasteiger partial charge in [0.2, 0.25) is 0 Å². The van der Waals surface area contributed by atoms with E-state index in [0.717, 1.165) is 62.9 Å². The third-order valence-corrected chi connectivity index (χ3v) is 9.18. The van der Waals surface area contributed by atoms with E-state index >= 15 is 0 Å². The van der Waals surface area contributed by atoms with Gasteiger partial charge in [0.25, 0.3) is 0 Å². The van der Waals surface area contributed by atoms with Crippen molar-refractivity contribution in [3.05, 3.63) is 130 Å². The van der Waals surface area contributed by atoms with Gasteiger partial charge in [-0.3, -0.25) is 9.98 Å². The van der Waals surface area contributed by atoms with Crippen LogP contribution in [0, 0.1) is 5.92 Å². The van der Waals surface area contributed by atoms with Crippen molar-refractivity contribution in [1.29, 1.82) is 0 Å². The Balaban J connectivity index is 1.61. The highest BCUT2D eigenvalue weighted by atomic mass is 14.8. The van der Waals surface area contributed by atoms with E-state index in [1.54, 1.807) is 0 Å². The fraction of sp³-hybridized carbons (Fsp3) is 0.341. The number of pyridine rings is 1. The molecular weight excluding hydrogens is 571 g/mol. The van der Waals surface area contributed by atoms with Gasteiger partial charge in [0.05, 0.1) is 28.5 Å². The minimum atomic E-state index is 0.0881. The second-order valence-electron chi connectivity index (χ2n) is 15.3. The van der Waals surface area contributed by atoms with Crippen LogP contribution in [0.2, 0.25) is 0 Å². The Morgan fingerprint density at radius 1 is 0.638 bits per heavy atom. The Morgan fingerprint density at radius 2 is 1.09 bits per heavy atom. The Kier molecular flexibility index (Phi) is 9.68. The molecule has 0 N–H and O–H groups in total. The van der Waals surface area contributed by atoms with Crippen LogP contribution in [-0.2, 0) is 10.8 Å². The number of rotatable bonds is 6. The number of aliphatic imine (C=N–C) groups is 2. The molecule has 0 aliphatic heterocycles. The average molecular weight is 622 g/mol. The molecule has 1 heterocycles. The fourth-order valence-corrected chi connectivity index (χ4v) is 6.40. The molecule has 0 bridgehead atoms. The lowest BCUT2D eigenvalue weighted by atomic mass is 9.85. The summed E-state index contributed by atoms with van der Waals surface area (Å²) in [5, 5.41) is 0. The highest BCUT2D eigenvalue weighted by Crippen LogP contribution is 2.41. The number of nitrogens with zero attached hydrogens (tertiary/aromatic N) is 3. The van der Waals surface area contributed by atoms with Crippen LogP contribution in [0.15, 0.2) is 118 Å². The lowest BCUT2D eigenvalue weighted by Gasteiger charge is -2.21. The molecule has 0 radical (unpaired) electrons. The molecular formula is C44H51N3. The monoisotopic (exact) mass is 621 g/mol. The van der Waals surface area contributed by atoms with E-state index in [4.69, 9.17) is 15.0 Å². The molecule has 0 saturated carbocycles. The second-order valence-corrected chi connectivity index (χ2v) is 15.3. The number of hydrogen-bond donors (Lipinski definition) is 0. The summed E-state index contributed by atoms with van der Waals surface area (Å²) in [6, 6.07) is 30.6. The zero-order valence-electron chi connectivity index (χ0n) is 30.3. The van der Waals surface area contributed by atoms with Gasteiger partial charge in [0.1, 0.15) is 0 Å². The first kappa shape index (κ1) is 34.0. The quantitative estimate of drug-likeness (QED) is 0.197. The SMILES string of the molecule is CC1=CC(C)=C(N=C(C)c2cccc(C(C)=Nc3c(-c4ccc(C(C)(C)C)cc4)cccc3-c3ccc(C(C)(C)C)cc3)n2)C(C)C1. The normalized spacial score (nSPS) is 16.4. The van der Waals surface area contributed by atoms with Crippen LogP contribution in [0.25, 0.3) is 22.3 Å². The predicted octanol–water partition coefficient (Wildman–Crippen LogP) is 12.2. The van der Waals surface area contributed by atoms with E-state index < -0.39 is 0 Å². The van der Waals surface area contributed by atoms with Crippen LogP contribution >= 0.6 is 0 Å². The van der Waals surface area contributed by atoms with Crippen molar-refractivity contribution >= 4 is 17.1 Å². The first-order valence-electron chi connectivity index (χ1n) is 16.9. The zero-order chi connectivity index (χ0) is 34.1. The molecule has 0 amide bonds. The topological polar surface area (TPSA) is 37.6 Å². The molecule has 5 rings (SSSR count). The standard InChI is InChI=1S/C44H51N3/c1-28-26-29(2)41(30(3)27-28)45-31(4)39-16-13-17-40(47-39)32(5)46-42-37(33-18-22-35(23-19-33)43(6,7)8)14-12-15-38(42)34-20-24-36(25-21-34)44(9,10)11/h12-26,30H,27H2,1-11H3. The summed E-state index contributed by atoms with van der Waals surface area (Å²) in [6.07, 6.45) is 3.30. The van der Waals surface area contributed by atoms with E-state index in [1.807, 2.05) is 12.1 Å². The summed E-state index contributed by atoms with van der Waals surface area (Å²) in [5.74, 6) is 0.395. The van der Waals surface area contributed by atoms with Crippen molar-refractivity contribution in [3.8, 4) is 22.3 Å². The van der Waals surface area contributed by atoms with Crippen LogP contribution in [0.5, 0.6) is 0 Å². The van der Waals surface area contributed by atoms with E-state index in [2.05, 4.69) is 155 Å². The van der Waals surface area contributed by atoms with Gasteiger partial charge in [-0.2, -0.15) is 0 Å². The van der Waals surface area contributed by atoms with Gasteiger partial charge in [-0.1, -0.05) is 133 Å². The van der Waals surface area contributed by atoms with Gasteiger partial charge in [0.15, 0.2) is 0 Å².